The van der Waals surface area contributed by atoms with Crippen LogP contribution in [-0.2, 0) is 5.60 Å². The van der Waals surface area contributed by atoms with Crippen LogP contribution in [0.4, 0.5) is 33.7 Å². The van der Waals surface area contributed by atoms with E-state index in [4.69, 9.17) is 23.2 Å². The van der Waals surface area contributed by atoms with Gasteiger partial charge < -0.3 is 15.7 Å². The summed E-state index contributed by atoms with van der Waals surface area (Å²) in [7, 11) is 0. The SMILES string of the molecule is O=C1N[C@H](c2cc(F)ccc2Cl)c2c(NC(=O)N3C[C@@](O)(C(F)F)c4cc(F)ccc43)cc(Cl)cc21. The number of alkyl halides is 2. The zero-order valence-corrected chi connectivity index (χ0v) is 19.5. The van der Waals surface area contributed by atoms with Gasteiger partial charge in [0.15, 0.2) is 5.60 Å². The lowest BCUT2D eigenvalue weighted by atomic mass is 9.96. The quantitative estimate of drug-likeness (QED) is 0.378. The molecular formula is C24H15Cl2F4N3O3. The third-order valence-corrected chi connectivity index (χ3v) is 6.75. The molecule has 2 atom stereocenters. The molecule has 0 spiro atoms. The lowest BCUT2D eigenvalue weighted by Crippen LogP contribution is -2.43. The fraction of sp³-hybridized carbons (Fsp3) is 0.167. The van der Waals surface area contributed by atoms with Crippen molar-refractivity contribution in [3.8, 4) is 0 Å². The van der Waals surface area contributed by atoms with E-state index in [1.807, 2.05) is 0 Å². The van der Waals surface area contributed by atoms with Crippen molar-refractivity contribution in [3.05, 3.63) is 92.5 Å². The number of hydrogen-bond donors (Lipinski definition) is 3. The van der Waals surface area contributed by atoms with E-state index in [1.54, 1.807) is 0 Å². The van der Waals surface area contributed by atoms with Gasteiger partial charge in [0.05, 0.1) is 24.0 Å². The molecule has 0 aromatic heterocycles. The number of β-amino-alcohol motifs (C(OH)–C–C–N with tert-alkyl or cyclic N) is 1. The van der Waals surface area contributed by atoms with Gasteiger partial charge in [-0.2, -0.15) is 0 Å². The molecule has 0 saturated carbocycles. The zero-order valence-electron chi connectivity index (χ0n) is 18.0. The number of urea groups is 1. The second-order valence-electron chi connectivity index (χ2n) is 8.39. The molecular weight excluding hydrogens is 525 g/mol. The number of carbonyl (C=O) groups is 2. The van der Waals surface area contributed by atoms with Gasteiger partial charge in [-0.15, -0.1) is 0 Å². The predicted octanol–water partition coefficient (Wildman–Crippen LogP) is 5.61. The summed E-state index contributed by atoms with van der Waals surface area (Å²) in [5, 5.41) is 16.0. The van der Waals surface area contributed by atoms with Gasteiger partial charge >= 0.3 is 6.03 Å². The van der Waals surface area contributed by atoms with Crippen LogP contribution >= 0.6 is 23.2 Å². The molecule has 0 unspecified atom stereocenters. The van der Waals surface area contributed by atoms with Crippen LogP contribution in [0.3, 0.4) is 0 Å². The lowest BCUT2D eigenvalue weighted by molar-refractivity contribution is -0.0892. The van der Waals surface area contributed by atoms with Crippen molar-refractivity contribution in [2.75, 3.05) is 16.8 Å². The summed E-state index contributed by atoms with van der Waals surface area (Å²) < 4.78 is 55.2. The number of benzene rings is 3. The fourth-order valence-electron chi connectivity index (χ4n) is 4.52. The molecule has 5 rings (SSSR count). The van der Waals surface area contributed by atoms with Crippen molar-refractivity contribution in [2.24, 2.45) is 0 Å². The number of nitrogens with one attached hydrogen (secondary N) is 2. The maximum absolute atomic E-state index is 14.0. The molecule has 0 aliphatic carbocycles. The zero-order chi connectivity index (χ0) is 25.9. The molecule has 6 nitrogen and oxygen atoms in total. The average Bonchev–Trinajstić information content (AvgIpc) is 3.30. The van der Waals surface area contributed by atoms with Crippen LogP contribution in [0.1, 0.15) is 33.1 Å². The summed E-state index contributed by atoms with van der Waals surface area (Å²) in [5.74, 6) is -2.02. The minimum atomic E-state index is -3.31. The minimum Gasteiger partial charge on any atom is -0.377 e. The summed E-state index contributed by atoms with van der Waals surface area (Å²) >= 11 is 12.4. The summed E-state index contributed by atoms with van der Waals surface area (Å²) in [6.45, 7) is -0.853. The van der Waals surface area contributed by atoms with Crippen LogP contribution in [0.5, 0.6) is 0 Å². The molecule has 186 valence electrons. The van der Waals surface area contributed by atoms with Gasteiger partial charge in [0.1, 0.15) is 11.6 Å². The Morgan fingerprint density at radius 3 is 2.53 bits per heavy atom. The molecule has 3 aromatic carbocycles. The van der Waals surface area contributed by atoms with E-state index in [9.17, 15) is 32.3 Å². The van der Waals surface area contributed by atoms with E-state index in [-0.39, 0.29) is 38.1 Å². The van der Waals surface area contributed by atoms with Gasteiger partial charge in [0.25, 0.3) is 12.3 Å². The van der Waals surface area contributed by atoms with Crippen LogP contribution in [0.2, 0.25) is 10.0 Å². The van der Waals surface area contributed by atoms with Gasteiger partial charge in [-0.1, -0.05) is 23.2 Å². The van der Waals surface area contributed by atoms with Crippen molar-refractivity contribution in [3.63, 3.8) is 0 Å². The number of nitrogens with zero attached hydrogens (tertiary/aromatic N) is 1. The van der Waals surface area contributed by atoms with E-state index in [0.29, 0.717) is 0 Å². The molecule has 0 fully saturated rings. The molecule has 3 aromatic rings. The predicted molar refractivity (Wildman–Crippen MR) is 125 cm³/mol. The van der Waals surface area contributed by atoms with Crippen molar-refractivity contribution >= 4 is 46.5 Å². The number of hydrogen-bond acceptors (Lipinski definition) is 3. The van der Waals surface area contributed by atoms with Gasteiger partial charge in [-0.25, -0.2) is 22.4 Å². The Labute approximate surface area is 211 Å². The van der Waals surface area contributed by atoms with Crippen molar-refractivity contribution < 1.29 is 32.3 Å². The lowest BCUT2D eigenvalue weighted by Gasteiger charge is -2.24. The number of halogens is 6. The number of anilines is 2. The average molecular weight is 540 g/mol. The molecule has 0 bridgehead atoms. The van der Waals surface area contributed by atoms with E-state index in [2.05, 4.69) is 10.6 Å². The second-order valence-corrected chi connectivity index (χ2v) is 9.23. The van der Waals surface area contributed by atoms with Crippen LogP contribution in [0.25, 0.3) is 0 Å². The Hall–Kier alpha value is -3.34. The summed E-state index contributed by atoms with van der Waals surface area (Å²) in [6.07, 6.45) is -3.31. The van der Waals surface area contributed by atoms with Gasteiger partial charge in [0, 0.05) is 32.3 Å². The first-order valence-corrected chi connectivity index (χ1v) is 11.2. The van der Waals surface area contributed by atoms with Gasteiger partial charge in [-0.05, 0) is 48.5 Å². The third-order valence-electron chi connectivity index (χ3n) is 6.19. The molecule has 3 amide bonds. The highest BCUT2D eigenvalue weighted by molar-refractivity contribution is 6.32. The number of carbonyl (C=O) groups excluding carboxylic acids is 2. The highest BCUT2D eigenvalue weighted by atomic mass is 35.5. The Morgan fingerprint density at radius 1 is 1.11 bits per heavy atom. The largest absolute Gasteiger partial charge is 0.377 e. The summed E-state index contributed by atoms with van der Waals surface area (Å²) in [4.78, 5) is 26.8. The number of fused-ring (bicyclic) bond motifs is 2. The van der Waals surface area contributed by atoms with E-state index < -0.39 is 53.7 Å². The fourth-order valence-corrected chi connectivity index (χ4v) is 4.97. The number of aliphatic hydroxyl groups is 1. The molecule has 2 heterocycles. The van der Waals surface area contributed by atoms with E-state index in [1.165, 1.54) is 18.2 Å². The van der Waals surface area contributed by atoms with Gasteiger partial charge in [0.2, 0.25) is 0 Å². The molecule has 2 aliphatic heterocycles. The molecule has 12 heteroatoms. The first-order chi connectivity index (χ1) is 17.0. The molecule has 2 aliphatic rings. The van der Waals surface area contributed by atoms with Gasteiger partial charge in [-0.3, -0.25) is 9.69 Å². The van der Waals surface area contributed by atoms with Crippen LogP contribution in [0.15, 0.2) is 48.5 Å². The van der Waals surface area contributed by atoms with Crippen molar-refractivity contribution in [1.82, 2.24) is 5.32 Å². The smallest absolute Gasteiger partial charge is 0.326 e. The molecule has 3 N–H and O–H groups in total. The maximum atomic E-state index is 14.0. The van der Waals surface area contributed by atoms with Crippen molar-refractivity contribution in [2.45, 2.75) is 18.1 Å². The summed E-state index contributed by atoms with van der Waals surface area (Å²) in [6, 6.07) is 7.20. The van der Waals surface area contributed by atoms with Crippen molar-refractivity contribution in [1.29, 1.82) is 0 Å². The topological polar surface area (TPSA) is 81.7 Å². The second kappa shape index (κ2) is 8.65. The monoisotopic (exact) mass is 539 g/mol. The maximum Gasteiger partial charge on any atom is 0.326 e. The molecule has 0 saturated heterocycles. The molecule has 0 radical (unpaired) electrons. The Kier molecular flexibility index (Phi) is 5.85. The number of amides is 3. The number of rotatable bonds is 3. The standard InChI is InChI=1S/C24H15Cl2F4N3O3/c25-10-5-14-19(20(32-21(14)34)13-7-11(27)1-3-16(13)26)17(6-10)31-23(35)33-9-24(36,22(29)30)15-8-12(28)2-4-18(15)33/h1-8,20,22,36H,9H2,(H,31,35)(H,32,34)/t20-,24+/m1/s1. The van der Waals surface area contributed by atoms with Crippen LogP contribution in [-0.4, -0.2) is 30.0 Å². The summed E-state index contributed by atoms with van der Waals surface area (Å²) in [5.41, 5.74) is -2.78. The highest BCUT2D eigenvalue weighted by Crippen LogP contribution is 2.45. The van der Waals surface area contributed by atoms with Crippen LogP contribution in [0, 0.1) is 11.6 Å². The Bertz CT molecular complexity index is 1440. The van der Waals surface area contributed by atoms with E-state index in [0.717, 1.165) is 35.2 Å². The Balaban J connectivity index is 1.56. The minimum absolute atomic E-state index is 0.0299. The van der Waals surface area contributed by atoms with Crippen LogP contribution < -0.4 is 15.5 Å². The first kappa shape index (κ1) is 24.4. The third kappa shape index (κ3) is 3.85. The Morgan fingerprint density at radius 2 is 1.81 bits per heavy atom. The molecule has 36 heavy (non-hydrogen) atoms. The highest BCUT2D eigenvalue weighted by Gasteiger charge is 2.50. The van der Waals surface area contributed by atoms with E-state index >= 15 is 0 Å². The first-order valence-electron chi connectivity index (χ1n) is 10.5. The normalized spacial score (nSPS) is 20.4.